The summed E-state index contributed by atoms with van der Waals surface area (Å²) in [7, 11) is 0. The molecule has 1 fully saturated rings. The molecule has 0 aliphatic heterocycles. The van der Waals surface area contributed by atoms with Crippen LogP contribution in [0.25, 0.3) is 0 Å². The molecule has 90 valence electrons. The molecular formula is C12H21N3S. The number of rotatable bonds is 4. The largest absolute Gasteiger partial charge is 0.304 e. The van der Waals surface area contributed by atoms with Crippen molar-refractivity contribution in [1.29, 1.82) is 0 Å². The Morgan fingerprint density at radius 2 is 2.12 bits per heavy atom. The highest BCUT2D eigenvalue weighted by molar-refractivity contribution is 7.71. The second-order valence-corrected chi connectivity index (χ2v) is 5.19. The van der Waals surface area contributed by atoms with E-state index in [1.54, 1.807) is 0 Å². The van der Waals surface area contributed by atoms with E-state index < -0.39 is 0 Å². The molecule has 1 aliphatic rings. The predicted octanol–water partition coefficient (Wildman–Crippen LogP) is 3.47. The van der Waals surface area contributed by atoms with Crippen LogP contribution in [0.4, 0.5) is 0 Å². The Hall–Kier alpha value is -0.640. The van der Waals surface area contributed by atoms with E-state index in [0.29, 0.717) is 0 Å². The van der Waals surface area contributed by atoms with Gasteiger partial charge in [-0.05, 0) is 24.6 Å². The smallest absolute Gasteiger partial charge is 0.195 e. The average molecular weight is 239 g/mol. The van der Waals surface area contributed by atoms with E-state index in [2.05, 4.69) is 21.7 Å². The Kier molecular flexibility index (Phi) is 4.16. The lowest BCUT2D eigenvalue weighted by Crippen LogP contribution is -2.13. The topological polar surface area (TPSA) is 33.6 Å². The zero-order chi connectivity index (χ0) is 11.4. The number of hydrogen-bond acceptors (Lipinski definition) is 2. The van der Waals surface area contributed by atoms with Gasteiger partial charge in [0.15, 0.2) is 4.77 Å². The van der Waals surface area contributed by atoms with Crippen LogP contribution in [0.1, 0.15) is 51.3 Å². The quantitative estimate of drug-likeness (QED) is 0.816. The van der Waals surface area contributed by atoms with Gasteiger partial charge in [-0.3, -0.25) is 5.10 Å². The van der Waals surface area contributed by atoms with Crippen molar-refractivity contribution in [1.82, 2.24) is 14.8 Å². The number of H-pyrrole nitrogens is 1. The maximum atomic E-state index is 5.25. The van der Waals surface area contributed by atoms with Gasteiger partial charge in [-0.15, -0.1) is 0 Å². The molecule has 0 radical (unpaired) electrons. The summed E-state index contributed by atoms with van der Waals surface area (Å²) in [6, 6.07) is 0. The summed E-state index contributed by atoms with van der Waals surface area (Å²) >= 11 is 5.25. The number of aromatic nitrogens is 3. The summed E-state index contributed by atoms with van der Waals surface area (Å²) in [6.45, 7) is 3.18. The first kappa shape index (κ1) is 11.8. The SMILES string of the molecule is CCCn1c(CC2CCCCC2)n[nH]c1=S. The Morgan fingerprint density at radius 1 is 1.38 bits per heavy atom. The lowest BCUT2D eigenvalue weighted by Gasteiger charge is -2.21. The Balaban J connectivity index is 2.05. The van der Waals surface area contributed by atoms with Crippen molar-refractivity contribution in [2.45, 2.75) is 58.4 Å². The van der Waals surface area contributed by atoms with Gasteiger partial charge >= 0.3 is 0 Å². The first-order valence-corrected chi connectivity index (χ1v) is 6.86. The molecule has 1 saturated carbocycles. The van der Waals surface area contributed by atoms with E-state index in [0.717, 1.165) is 30.1 Å². The van der Waals surface area contributed by atoms with E-state index in [1.165, 1.54) is 37.9 Å². The molecule has 0 saturated heterocycles. The van der Waals surface area contributed by atoms with Crippen molar-refractivity contribution >= 4 is 12.2 Å². The monoisotopic (exact) mass is 239 g/mol. The van der Waals surface area contributed by atoms with E-state index in [9.17, 15) is 0 Å². The molecule has 0 unspecified atom stereocenters. The minimum Gasteiger partial charge on any atom is -0.304 e. The van der Waals surface area contributed by atoms with Crippen LogP contribution in [0.2, 0.25) is 0 Å². The van der Waals surface area contributed by atoms with Gasteiger partial charge in [0, 0.05) is 13.0 Å². The maximum Gasteiger partial charge on any atom is 0.195 e. The number of nitrogens with zero attached hydrogens (tertiary/aromatic N) is 2. The maximum absolute atomic E-state index is 5.25. The normalized spacial score (nSPS) is 17.8. The van der Waals surface area contributed by atoms with Crippen molar-refractivity contribution in [3.8, 4) is 0 Å². The van der Waals surface area contributed by atoms with Crippen molar-refractivity contribution in [3.63, 3.8) is 0 Å². The third kappa shape index (κ3) is 2.73. The molecule has 1 aromatic heterocycles. The molecule has 3 nitrogen and oxygen atoms in total. The van der Waals surface area contributed by atoms with Gasteiger partial charge in [0.25, 0.3) is 0 Å². The number of nitrogens with one attached hydrogen (secondary N) is 1. The molecule has 0 amide bonds. The molecule has 16 heavy (non-hydrogen) atoms. The first-order chi connectivity index (χ1) is 7.81. The molecule has 1 aliphatic carbocycles. The summed E-state index contributed by atoms with van der Waals surface area (Å²) in [6.07, 6.45) is 9.15. The Bertz CT molecular complexity index is 374. The highest BCUT2D eigenvalue weighted by atomic mass is 32.1. The molecule has 1 N–H and O–H groups in total. The summed E-state index contributed by atoms with van der Waals surface area (Å²) in [5.74, 6) is 1.99. The summed E-state index contributed by atoms with van der Waals surface area (Å²) < 4.78 is 2.96. The van der Waals surface area contributed by atoms with Crippen LogP contribution >= 0.6 is 12.2 Å². The molecule has 1 aromatic rings. The third-order valence-corrected chi connectivity index (χ3v) is 3.79. The fourth-order valence-electron chi connectivity index (χ4n) is 2.61. The molecule has 1 heterocycles. The molecular weight excluding hydrogens is 218 g/mol. The third-order valence-electron chi connectivity index (χ3n) is 3.48. The predicted molar refractivity (Wildman–Crippen MR) is 68.0 cm³/mol. The number of aromatic amines is 1. The zero-order valence-corrected chi connectivity index (χ0v) is 10.9. The van der Waals surface area contributed by atoms with Gasteiger partial charge in [-0.1, -0.05) is 39.0 Å². The van der Waals surface area contributed by atoms with Crippen LogP contribution in [-0.2, 0) is 13.0 Å². The zero-order valence-electron chi connectivity index (χ0n) is 10.0. The van der Waals surface area contributed by atoms with Crippen molar-refractivity contribution in [3.05, 3.63) is 10.6 Å². The van der Waals surface area contributed by atoms with Gasteiger partial charge in [0.2, 0.25) is 0 Å². The van der Waals surface area contributed by atoms with Gasteiger partial charge in [-0.2, -0.15) is 5.10 Å². The van der Waals surface area contributed by atoms with Crippen LogP contribution in [0.3, 0.4) is 0 Å². The van der Waals surface area contributed by atoms with E-state index >= 15 is 0 Å². The van der Waals surface area contributed by atoms with Gasteiger partial charge < -0.3 is 4.57 Å². The van der Waals surface area contributed by atoms with Crippen LogP contribution in [0.15, 0.2) is 0 Å². The highest BCUT2D eigenvalue weighted by Crippen LogP contribution is 2.26. The number of hydrogen-bond donors (Lipinski definition) is 1. The standard InChI is InChI=1S/C12H21N3S/c1-2-8-15-11(13-14-12(15)16)9-10-6-4-3-5-7-10/h10H,2-9H2,1H3,(H,14,16). The highest BCUT2D eigenvalue weighted by Gasteiger charge is 2.17. The fraction of sp³-hybridized carbons (Fsp3) is 0.833. The molecule has 0 aromatic carbocycles. The van der Waals surface area contributed by atoms with Gasteiger partial charge in [0.05, 0.1) is 0 Å². The summed E-state index contributed by atoms with van der Waals surface area (Å²) in [5.41, 5.74) is 0. The first-order valence-electron chi connectivity index (χ1n) is 6.45. The van der Waals surface area contributed by atoms with Crippen LogP contribution in [0, 0.1) is 10.7 Å². The minimum atomic E-state index is 0.785. The van der Waals surface area contributed by atoms with Crippen LogP contribution < -0.4 is 0 Å². The fourth-order valence-corrected chi connectivity index (χ4v) is 2.85. The molecule has 4 heteroatoms. The van der Waals surface area contributed by atoms with Crippen molar-refractivity contribution in [2.24, 2.45) is 5.92 Å². The van der Waals surface area contributed by atoms with Crippen molar-refractivity contribution < 1.29 is 0 Å². The van der Waals surface area contributed by atoms with Crippen LogP contribution in [0.5, 0.6) is 0 Å². The van der Waals surface area contributed by atoms with Gasteiger partial charge in [-0.25, -0.2) is 0 Å². The Morgan fingerprint density at radius 3 is 2.81 bits per heavy atom. The van der Waals surface area contributed by atoms with Gasteiger partial charge in [0.1, 0.15) is 5.82 Å². The van der Waals surface area contributed by atoms with E-state index in [4.69, 9.17) is 12.2 Å². The molecule has 2 rings (SSSR count). The lowest BCUT2D eigenvalue weighted by molar-refractivity contribution is 0.347. The minimum absolute atomic E-state index is 0.785. The second-order valence-electron chi connectivity index (χ2n) is 4.80. The summed E-state index contributed by atoms with van der Waals surface area (Å²) in [5, 5.41) is 7.30. The molecule has 0 spiro atoms. The molecule has 0 atom stereocenters. The van der Waals surface area contributed by atoms with Crippen molar-refractivity contribution in [2.75, 3.05) is 0 Å². The summed E-state index contributed by atoms with van der Waals surface area (Å²) in [4.78, 5) is 0. The average Bonchev–Trinajstić information content (AvgIpc) is 2.64. The Labute approximate surface area is 102 Å². The van der Waals surface area contributed by atoms with E-state index in [1.807, 2.05) is 0 Å². The van der Waals surface area contributed by atoms with E-state index in [-0.39, 0.29) is 0 Å². The van der Waals surface area contributed by atoms with Crippen LogP contribution in [-0.4, -0.2) is 14.8 Å². The lowest BCUT2D eigenvalue weighted by atomic mass is 9.87. The second kappa shape index (κ2) is 5.62. The molecule has 0 bridgehead atoms.